The normalized spacial score (nSPS) is 23.1. The fourth-order valence-electron chi connectivity index (χ4n) is 4.20. The van der Waals surface area contributed by atoms with Crippen LogP contribution >= 0.6 is 0 Å². The van der Waals surface area contributed by atoms with E-state index in [9.17, 15) is 9.59 Å². The Morgan fingerprint density at radius 3 is 2.82 bits per heavy atom. The summed E-state index contributed by atoms with van der Waals surface area (Å²) in [5.74, 6) is 0.236. The molecule has 2 aliphatic carbocycles. The minimum absolute atomic E-state index is 0.0705. The van der Waals surface area contributed by atoms with Gasteiger partial charge < -0.3 is 9.64 Å². The number of nitrogens with zero attached hydrogens (tertiary/aromatic N) is 1. The lowest BCUT2D eigenvalue weighted by molar-refractivity contribution is -0.0948. The van der Waals surface area contributed by atoms with Crippen molar-refractivity contribution in [1.29, 1.82) is 0 Å². The van der Waals surface area contributed by atoms with Crippen molar-refractivity contribution in [3.05, 3.63) is 34.9 Å². The molecule has 4 nitrogen and oxygen atoms in total. The number of ketones is 1. The van der Waals surface area contributed by atoms with Crippen LogP contribution in [0.4, 0.5) is 0 Å². The Labute approximate surface area is 130 Å². The first-order chi connectivity index (χ1) is 10.7. The molecule has 1 amide bonds. The quantitative estimate of drug-likeness (QED) is 0.801. The molecule has 0 aromatic heterocycles. The molecule has 0 N–H and O–H groups in total. The van der Waals surface area contributed by atoms with Gasteiger partial charge >= 0.3 is 0 Å². The number of ether oxygens (including phenoxy) is 1. The van der Waals surface area contributed by atoms with Gasteiger partial charge in [0, 0.05) is 24.1 Å². The summed E-state index contributed by atoms with van der Waals surface area (Å²) < 4.78 is 6.00. The maximum absolute atomic E-state index is 13.0. The van der Waals surface area contributed by atoms with Gasteiger partial charge in [-0.25, -0.2) is 0 Å². The van der Waals surface area contributed by atoms with E-state index in [1.165, 1.54) is 12.8 Å². The number of hydrogen-bond acceptors (Lipinski definition) is 3. The summed E-state index contributed by atoms with van der Waals surface area (Å²) in [6.07, 6.45) is 5.73. The summed E-state index contributed by atoms with van der Waals surface area (Å²) in [6.45, 7) is 1.97. The van der Waals surface area contributed by atoms with Crippen LogP contribution in [0, 0.1) is 0 Å². The zero-order valence-electron chi connectivity index (χ0n) is 12.8. The molecule has 1 saturated heterocycles. The third kappa shape index (κ3) is 2.17. The van der Waals surface area contributed by atoms with Crippen molar-refractivity contribution in [2.45, 2.75) is 44.1 Å². The molecule has 116 valence electrons. The van der Waals surface area contributed by atoms with Crippen LogP contribution in [-0.2, 0) is 11.2 Å². The second-order valence-electron chi connectivity index (χ2n) is 6.72. The molecule has 0 bridgehead atoms. The summed E-state index contributed by atoms with van der Waals surface area (Å²) in [5.41, 5.74) is 2.30. The van der Waals surface area contributed by atoms with Crippen molar-refractivity contribution in [1.82, 2.24) is 4.90 Å². The first-order valence-corrected chi connectivity index (χ1v) is 8.27. The van der Waals surface area contributed by atoms with Gasteiger partial charge in [0.15, 0.2) is 5.78 Å². The van der Waals surface area contributed by atoms with Gasteiger partial charge in [0.1, 0.15) is 0 Å². The van der Waals surface area contributed by atoms with Gasteiger partial charge in [0.2, 0.25) is 0 Å². The lowest BCUT2D eigenvalue weighted by atomic mass is 9.97. The van der Waals surface area contributed by atoms with E-state index < -0.39 is 0 Å². The second kappa shape index (κ2) is 5.20. The Hall–Kier alpha value is -1.68. The van der Waals surface area contributed by atoms with E-state index in [0.29, 0.717) is 32.5 Å². The monoisotopic (exact) mass is 299 g/mol. The molecule has 1 aromatic carbocycles. The number of carbonyl (C=O) groups excluding carboxylic acids is 2. The third-order valence-electron chi connectivity index (χ3n) is 5.36. The summed E-state index contributed by atoms with van der Waals surface area (Å²) >= 11 is 0. The second-order valence-corrected chi connectivity index (χ2v) is 6.72. The number of morpholine rings is 1. The van der Waals surface area contributed by atoms with Gasteiger partial charge in [-0.15, -0.1) is 0 Å². The summed E-state index contributed by atoms with van der Waals surface area (Å²) in [4.78, 5) is 26.8. The van der Waals surface area contributed by atoms with E-state index in [4.69, 9.17) is 4.74 Å². The number of Topliss-reactive ketones (excluding diaryl/α,β-unsaturated/α-hetero) is 1. The van der Waals surface area contributed by atoms with Crippen molar-refractivity contribution < 1.29 is 14.3 Å². The highest BCUT2D eigenvalue weighted by atomic mass is 16.5. The minimum Gasteiger partial charge on any atom is -0.371 e. The van der Waals surface area contributed by atoms with Crippen LogP contribution in [-0.4, -0.2) is 41.9 Å². The zero-order chi connectivity index (χ0) is 15.2. The molecule has 1 aromatic rings. The van der Waals surface area contributed by atoms with Crippen LogP contribution in [0.3, 0.4) is 0 Å². The maximum Gasteiger partial charge on any atom is 0.254 e. The van der Waals surface area contributed by atoms with Crippen molar-refractivity contribution in [2.24, 2.45) is 0 Å². The van der Waals surface area contributed by atoms with Crippen LogP contribution in [0.5, 0.6) is 0 Å². The number of fused-ring (bicyclic) bond motifs is 1. The molecule has 4 heteroatoms. The van der Waals surface area contributed by atoms with E-state index >= 15 is 0 Å². The average molecular weight is 299 g/mol. The topological polar surface area (TPSA) is 46.6 Å². The molecule has 4 rings (SSSR count). The number of benzene rings is 1. The SMILES string of the molecule is O=C1CCc2c1cccc2C(=O)N1CCOC2(CCCC2)C1. The van der Waals surface area contributed by atoms with Crippen LogP contribution in [0.15, 0.2) is 18.2 Å². The Kier molecular flexibility index (Phi) is 3.30. The van der Waals surface area contributed by atoms with Gasteiger partial charge in [0.05, 0.1) is 18.8 Å². The average Bonchev–Trinajstić information content (AvgIpc) is 3.14. The van der Waals surface area contributed by atoms with E-state index in [0.717, 1.165) is 29.5 Å². The fourth-order valence-corrected chi connectivity index (χ4v) is 4.20. The molecule has 2 fully saturated rings. The maximum atomic E-state index is 13.0. The molecular weight excluding hydrogens is 278 g/mol. The predicted octanol–water partition coefficient (Wildman–Crippen LogP) is 2.60. The Balaban J connectivity index is 1.61. The first-order valence-electron chi connectivity index (χ1n) is 8.27. The van der Waals surface area contributed by atoms with E-state index in [1.807, 2.05) is 23.1 Å². The van der Waals surface area contributed by atoms with Gasteiger partial charge in [-0.1, -0.05) is 25.0 Å². The highest BCUT2D eigenvalue weighted by Crippen LogP contribution is 2.36. The molecule has 1 saturated carbocycles. The van der Waals surface area contributed by atoms with Gasteiger partial charge in [-0.05, 0) is 30.9 Å². The van der Waals surface area contributed by atoms with E-state index in [2.05, 4.69) is 0 Å². The molecule has 1 aliphatic heterocycles. The highest BCUT2D eigenvalue weighted by molar-refractivity contribution is 6.05. The number of hydrogen-bond donors (Lipinski definition) is 0. The lowest BCUT2D eigenvalue weighted by Gasteiger charge is -2.40. The molecule has 22 heavy (non-hydrogen) atoms. The minimum atomic E-state index is -0.109. The fraction of sp³-hybridized carbons (Fsp3) is 0.556. The Morgan fingerprint density at radius 1 is 1.18 bits per heavy atom. The molecule has 0 atom stereocenters. The molecule has 1 spiro atoms. The van der Waals surface area contributed by atoms with Crippen LogP contribution in [0.2, 0.25) is 0 Å². The van der Waals surface area contributed by atoms with Crippen molar-refractivity contribution in [3.8, 4) is 0 Å². The summed E-state index contributed by atoms with van der Waals surface area (Å²) in [5, 5.41) is 0. The van der Waals surface area contributed by atoms with Crippen molar-refractivity contribution in [3.63, 3.8) is 0 Å². The Morgan fingerprint density at radius 2 is 2.00 bits per heavy atom. The van der Waals surface area contributed by atoms with Gasteiger partial charge in [-0.2, -0.15) is 0 Å². The zero-order valence-corrected chi connectivity index (χ0v) is 12.8. The highest BCUT2D eigenvalue weighted by Gasteiger charge is 2.41. The lowest BCUT2D eigenvalue weighted by Crippen LogP contribution is -2.52. The molecular formula is C18H21NO3. The molecule has 1 heterocycles. The summed E-state index contributed by atoms with van der Waals surface area (Å²) in [7, 11) is 0. The van der Waals surface area contributed by atoms with Crippen LogP contribution in [0.1, 0.15) is 58.4 Å². The molecule has 3 aliphatic rings. The largest absolute Gasteiger partial charge is 0.371 e. The van der Waals surface area contributed by atoms with Gasteiger partial charge in [-0.3, -0.25) is 9.59 Å². The standard InChI is InChI=1S/C18H21NO3/c20-16-7-6-13-14(16)4-3-5-15(13)17(21)19-10-11-22-18(12-19)8-1-2-9-18/h3-5H,1-2,6-12H2. The van der Waals surface area contributed by atoms with Crippen molar-refractivity contribution in [2.75, 3.05) is 19.7 Å². The Bertz CT molecular complexity index is 631. The van der Waals surface area contributed by atoms with E-state index in [1.54, 1.807) is 0 Å². The predicted molar refractivity (Wildman–Crippen MR) is 82.1 cm³/mol. The van der Waals surface area contributed by atoms with Crippen LogP contribution in [0.25, 0.3) is 0 Å². The van der Waals surface area contributed by atoms with Crippen LogP contribution < -0.4 is 0 Å². The first kappa shape index (κ1) is 13.9. The molecule has 0 unspecified atom stereocenters. The number of rotatable bonds is 1. The smallest absolute Gasteiger partial charge is 0.254 e. The number of amides is 1. The summed E-state index contributed by atoms with van der Waals surface area (Å²) in [6, 6.07) is 5.55. The number of carbonyl (C=O) groups is 2. The van der Waals surface area contributed by atoms with E-state index in [-0.39, 0.29) is 17.3 Å². The van der Waals surface area contributed by atoms with Gasteiger partial charge in [0.25, 0.3) is 5.91 Å². The molecule has 0 radical (unpaired) electrons. The third-order valence-corrected chi connectivity index (χ3v) is 5.36. The van der Waals surface area contributed by atoms with Crippen molar-refractivity contribution >= 4 is 11.7 Å².